The molecule has 0 aromatic carbocycles. The second kappa shape index (κ2) is 5.10. The van der Waals surface area contributed by atoms with Crippen LogP contribution in [0.15, 0.2) is 6.07 Å². The standard InChI is InChI=1S/C13H24N4O/c1-6-13(5,8-18)17-10-7-9(14)15-11(16-10)12(2,3)4/h7,18H,6,8H2,1-5H3,(H3,14,15,16,17). The molecule has 1 rings (SSSR count). The molecule has 0 radical (unpaired) electrons. The lowest BCUT2D eigenvalue weighted by molar-refractivity contribution is 0.218. The van der Waals surface area contributed by atoms with Crippen LogP contribution in [-0.4, -0.2) is 27.2 Å². The molecule has 0 amide bonds. The first kappa shape index (κ1) is 14.7. The number of nitrogens with one attached hydrogen (secondary N) is 1. The minimum Gasteiger partial charge on any atom is -0.394 e. The van der Waals surface area contributed by atoms with Crippen LogP contribution in [-0.2, 0) is 5.41 Å². The summed E-state index contributed by atoms with van der Waals surface area (Å²) in [4.78, 5) is 8.72. The fraction of sp³-hybridized carbons (Fsp3) is 0.692. The van der Waals surface area contributed by atoms with Gasteiger partial charge in [0.1, 0.15) is 17.5 Å². The van der Waals surface area contributed by atoms with Crippen LogP contribution in [0.2, 0.25) is 0 Å². The summed E-state index contributed by atoms with van der Waals surface area (Å²) in [5.41, 5.74) is 5.25. The summed E-state index contributed by atoms with van der Waals surface area (Å²) in [7, 11) is 0. The average molecular weight is 252 g/mol. The van der Waals surface area contributed by atoms with Crippen molar-refractivity contribution in [2.45, 2.75) is 52.0 Å². The number of anilines is 2. The first-order chi connectivity index (χ1) is 8.20. The third-order valence-electron chi connectivity index (χ3n) is 2.98. The largest absolute Gasteiger partial charge is 0.394 e. The van der Waals surface area contributed by atoms with Crippen molar-refractivity contribution in [1.82, 2.24) is 9.97 Å². The van der Waals surface area contributed by atoms with Crippen LogP contribution < -0.4 is 11.1 Å². The first-order valence-corrected chi connectivity index (χ1v) is 6.24. The van der Waals surface area contributed by atoms with Gasteiger partial charge >= 0.3 is 0 Å². The third kappa shape index (κ3) is 3.57. The van der Waals surface area contributed by atoms with Gasteiger partial charge in [-0.25, -0.2) is 9.97 Å². The number of nitrogens with zero attached hydrogens (tertiary/aromatic N) is 2. The van der Waals surface area contributed by atoms with Gasteiger partial charge in [0.15, 0.2) is 0 Å². The van der Waals surface area contributed by atoms with E-state index in [0.717, 1.165) is 6.42 Å². The highest BCUT2D eigenvalue weighted by molar-refractivity contribution is 5.47. The van der Waals surface area contributed by atoms with Gasteiger partial charge in [0.2, 0.25) is 0 Å². The van der Waals surface area contributed by atoms with E-state index < -0.39 is 5.54 Å². The fourth-order valence-corrected chi connectivity index (χ4v) is 1.41. The summed E-state index contributed by atoms with van der Waals surface area (Å²) in [6.07, 6.45) is 0.790. The van der Waals surface area contributed by atoms with E-state index in [2.05, 4.69) is 15.3 Å². The van der Waals surface area contributed by atoms with Crippen molar-refractivity contribution in [2.24, 2.45) is 0 Å². The Bertz CT molecular complexity index is 408. The SMILES string of the molecule is CCC(C)(CO)Nc1cc(N)nc(C(C)(C)C)n1. The van der Waals surface area contributed by atoms with E-state index in [1.165, 1.54) is 0 Å². The highest BCUT2D eigenvalue weighted by Crippen LogP contribution is 2.23. The lowest BCUT2D eigenvalue weighted by atomic mass is 9.95. The van der Waals surface area contributed by atoms with Crippen LogP contribution in [0.4, 0.5) is 11.6 Å². The Morgan fingerprint density at radius 1 is 1.28 bits per heavy atom. The van der Waals surface area contributed by atoms with Crippen LogP contribution in [0.1, 0.15) is 46.9 Å². The van der Waals surface area contributed by atoms with E-state index in [9.17, 15) is 5.11 Å². The van der Waals surface area contributed by atoms with Gasteiger partial charge in [-0.15, -0.1) is 0 Å². The molecule has 1 atom stereocenters. The van der Waals surface area contributed by atoms with Crippen molar-refractivity contribution in [3.05, 3.63) is 11.9 Å². The second-order valence-electron chi connectivity index (χ2n) is 5.95. The fourth-order valence-electron chi connectivity index (χ4n) is 1.41. The Balaban J connectivity index is 3.08. The van der Waals surface area contributed by atoms with E-state index >= 15 is 0 Å². The van der Waals surface area contributed by atoms with Crippen LogP contribution in [0.3, 0.4) is 0 Å². The van der Waals surface area contributed by atoms with Gasteiger partial charge in [-0.2, -0.15) is 0 Å². The maximum atomic E-state index is 9.41. The lowest BCUT2D eigenvalue weighted by Gasteiger charge is -2.28. The van der Waals surface area contributed by atoms with Crippen molar-refractivity contribution in [3.63, 3.8) is 0 Å². The zero-order valence-electron chi connectivity index (χ0n) is 11.9. The molecule has 1 aromatic rings. The van der Waals surface area contributed by atoms with Crippen molar-refractivity contribution >= 4 is 11.6 Å². The number of nitrogen functional groups attached to an aromatic ring is 1. The topological polar surface area (TPSA) is 84.1 Å². The summed E-state index contributed by atoms with van der Waals surface area (Å²) >= 11 is 0. The number of aromatic nitrogens is 2. The van der Waals surface area contributed by atoms with Gasteiger partial charge in [-0.1, -0.05) is 27.7 Å². The van der Waals surface area contributed by atoms with Crippen LogP contribution >= 0.6 is 0 Å². The van der Waals surface area contributed by atoms with Crippen LogP contribution in [0, 0.1) is 0 Å². The molecule has 102 valence electrons. The number of hydrogen-bond acceptors (Lipinski definition) is 5. The minimum atomic E-state index is -0.393. The summed E-state index contributed by atoms with van der Waals surface area (Å²) in [5, 5.41) is 12.6. The highest BCUT2D eigenvalue weighted by atomic mass is 16.3. The average Bonchev–Trinajstić information content (AvgIpc) is 2.27. The van der Waals surface area contributed by atoms with Gasteiger partial charge in [0, 0.05) is 11.5 Å². The van der Waals surface area contributed by atoms with E-state index in [0.29, 0.717) is 17.5 Å². The van der Waals surface area contributed by atoms with Crippen LogP contribution in [0.5, 0.6) is 0 Å². The Hall–Kier alpha value is -1.36. The van der Waals surface area contributed by atoms with E-state index in [1.807, 2.05) is 34.6 Å². The maximum Gasteiger partial charge on any atom is 0.138 e. The van der Waals surface area contributed by atoms with E-state index in [-0.39, 0.29) is 12.0 Å². The number of hydrogen-bond donors (Lipinski definition) is 3. The summed E-state index contributed by atoms with van der Waals surface area (Å²) in [6.45, 7) is 10.1. The highest BCUT2D eigenvalue weighted by Gasteiger charge is 2.23. The van der Waals surface area contributed by atoms with E-state index in [4.69, 9.17) is 5.73 Å². The molecule has 5 nitrogen and oxygen atoms in total. The molecule has 0 saturated carbocycles. The molecule has 5 heteroatoms. The Morgan fingerprint density at radius 2 is 1.89 bits per heavy atom. The van der Waals surface area contributed by atoms with Crippen molar-refractivity contribution < 1.29 is 5.11 Å². The van der Waals surface area contributed by atoms with Gasteiger partial charge in [-0.3, -0.25) is 0 Å². The quantitative estimate of drug-likeness (QED) is 0.762. The normalized spacial score (nSPS) is 15.2. The predicted octanol–water partition coefficient (Wildman–Crippen LogP) is 1.93. The van der Waals surface area contributed by atoms with Crippen molar-refractivity contribution in [2.75, 3.05) is 17.7 Å². The van der Waals surface area contributed by atoms with Crippen molar-refractivity contribution in [3.8, 4) is 0 Å². The molecule has 4 N–H and O–H groups in total. The zero-order valence-corrected chi connectivity index (χ0v) is 11.9. The summed E-state index contributed by atoms with van der Waals surface area (Å²) in [6, 6.07) is 1.69. The Kier molecular flexibility index (Phi) is 4.16. The molecule has 18 heavy (non-hydrogen) atoms. The third-order valence-corrected chi connectivity index (χ3v) is 2.98. The second-order valence-corrected chi connectivity index (χ2v) is 5.95. The summed E-state index contributed by atoms with van der Waals surface area (Å²) < 4.78 is 0. The Labute approximate surface area is 109 Å². The zero-order chi connectivity index (χ0) is 14.0. The molecule has 1 heterocycles. The molecule has 0 saturated heterocycles. The number of nitrogens with two attached hydrogens (primary N) is 1. The molecule has 0 aliphatic carbocycles. The number of aliphatic hydroxyl groups excluding tert-OH is 1. The lowest BCUT2D eigenvalue weighted by Crippen LogP contribution is -2.38. The smallest absolute Gasteiger partial charge is 0.138 e. The van der Waals surface area contributed by atoms with Gasteiger partial charge in [0.05, 0.1) is 12.1 Å². The minimum absolute atomic E-state index is 0.0399. The molecule has 0 aliphatic heterocycles. The monoisotopic (exact) mass is 252 g/mol. The van der Waals surface area contributed by atoms with Gasteiger partial charge in [-0.05, 0) is 13.3 Å². The first-order valence-electron chi connectivity index (χ1n) is 6.24. The van der Waals surface area contributed by atoms with E-state index in [1.54, 1.807) is 6.07 Å². The summed E-state index contributed by atoms with van der Waals surface area (Å²) in [5.74, 6) is 1.79. The molecule has 0 aliphatic rings. The molecular formula is C13H24N4O. The number of aliphatic hydroxyl groups is 1. The molecule has 1 aromatic heterocycles. The molecule has 0 bridgehead atoms. The molecule has 0 spiro atoms. The molecule has 0 fully saturated rings. The van der Waals surface area contributed by atoms with Gasteiger partial charge in [0.25, 0.3) is 0 Å². The number of rotatable bonds is 4. The molecule has 1 unspecified atom stereocenters. The molecular weight excluding hydrogens is 228 g/mol. The van der Waals surface area contributed by atoms with Crippen molar-refractivity contribution in [1.29, 1.82) is 0 Å². The predicted molar refractivity (Wildman–Crippen MR) is 74.5 cm³/mol. The maximum absolute atomic E-state index is 9.41. The Morgan fingerprint density at radius 3 is 2.33 bits per heavy atom. The van der Waals surface area contributed by atoms with Gasteiger partial charge < -0.3 is 16.2 Å². The van der Waals surface area contributed by atoms with Crippen LogP contribution in [0.25, 0.3) is 0 Å².